The van der Waals surface area contributed by atoms with Crippen LogP contribution in [0.3, 0.4) is 0 Å². The Morgan fingerprint density at radius 3 is 2.43 bits per heavy atom. The van der Waals surface area contributed by atoms with Crippen molar-refractivity contribution in [3.05, 3.63) is 28.2 Å². The molecule has 2 saturated heterocycles. The van der Waals surface area contributed by atoms with Crippen molar-refractivity contribution in [2.45, 2.75) is 18.9 Å². The third-order valence-electron chi connectivity index (χ3n) is 4.48. The van der Waals surface area contributed by atoms with Crippen LogP contribution in [0.25, 0.3) is 0 Å². The number of carbonyl (C=O) groups excluding carboxylic acids is 1. The molecule has 1 aromatic rings. The van der Waals surface area contributed by atoms with E-state index in [9.17, 15) is 4.79 Å². The van der Waals surface area contributed by atoms with Gasteiger partial charge in [-0.3, -0.25) is 4.90 Å². The van der Waals surface area contributed by atoms with Gasteiger partial charge < -0.3 is 10.2 Å². The molecule has 0 atom stereocenters. The Hall–Kier alpha value is -0.620. The molecule has 1 aromatic carbocycles. The molecule has 2 aliphatic rings. The SMILES string of the molecule is O=C(Nc1ccc(Cl)c(Cl)c1)N1CCN(C2CCSCC2)CC1. The molecule has 0 aromatic heterocycles. The molecule has 0 radical (unpaired) electrons. The first-order valence-corrected chi connectivity index (χ1v) is 9.87. The van der Waals surface area contributed by atoms with Crippen LogP contribution in [0, 0.1) is 0 Å². The third-order valence-corrected chi connectivity index (χ3v) is 6.27. The zero-order chi connectivity index (χ0) is 16.2. The number of nitrogens with one attached hydrogen (secondary N) is 1. The minimum absolute atomic E-state index is 0.0674. The molecule has 2 fully saturated rings. The lowest BCUT2D eigenvalue weighted by Crippen LogP contribution is -2.53. The van der Waals surface area contributed by atoms with E-state index >= 15 is 0 Å². The van der Waals surface area contributed by atoms with Crippen molar-refractivity contribution in [2.24, 2.45) is 0 Å². The number of anilines is 1. The Kier molecular flexibility index (Phi) is 5.96. The first-order valence-electron chi connectivity index (χ1n) is 7.96. The van der Waals surface area contributed by atoms with Gasteiger partial charge in [-0.15, -0.1) is 0 Å². The van der Waals surface area contributed by atoms with Gasteiger partial charge in [-0.05, 0) is 42.5 Å². The number of hydrogen-bond donors (Lipinski definition) is 1. The quantitative estimate of drug-likeness (QED) is 0.849. The van der Waals surface area contributed by atoms with Gasteiger partial charge in [0.05, 0.1) is 10.0 Å². The van der Waals surface area contributed by atoms with Crippen molar-refractivity contribution in [2.75, 3.05) is 43.0 Å². The fourth-order valence-electron chi connectivity index (χ4n) is 3.12. The maximum Gasteiger partial charge on any atom is 0.321 e. The molecule has 0 aliphatic carbocycles. The Labute approximate surface area is 151 Å². The maximum absolute atomic E-state index is 12.4. The normalized spacial score (nSPS) is 20.5. The van der Waals surface area contributed by atoms with Crippen molar-refractivity contribution in [1.82, 2.24) is 9.80 Å². The fourth-order valence-corrected chi connectivity index (χ4v) is 4.50. The highest BCUT2D eigenvalue weighted by Gasteiger charge is 2.27. The zero-order valence-corrected chi connectivity index (χ0v) is 15.3. The van der Waals surface area contributed by atoms with Gasteiger partial charge in [0.2, 0.25) is 0 Å². The van der Waals surface area contributed by atoms with Crippen molar-refractivity contribution >= 4 is 46.7 Å². The Morgan fingerprint density at radius 2 is 1.78 bits per heavy atom. The van der Waals surface area contributed by atoms with Gasteiger partial charge in [-0.1, -0.05) is 23.2 Å². The molecule has 0 spiro atoms. The van der Waals surface area contributed by atoms with Crippen molar-refractivity contribution < 1.29 is 4.79 Å². The van der Waals surface area contributed by atoms with Crippen LogP contribution in [-0.4, -0.2) is 59.6 Å². The Balaban J connectivity index is 1.50. The van der Waals surface area contributed by atoms with Gasteiger partial charge in [0.25, 0.3) is 0 Å². The lowest BCUT2D eigenvalue weighted by atomic mass is 10.1. The number of rotatable bonds is 2. The molecule has 4 nitrogen and oxygen atoms in total. The first-order chi connectivity index (χ1) is 11.1. The summed E-state index contributed by atoms with van der Waals surface area (Å²) in [7, 11) is 0. The number of amides is 2. The highest BCUT2D eigenvalue weighted by atomic mass is 35.5. The van der Waals surface area contributed by atoms with Gasteiger partial charge >= 0.3 is 6.03 Å². The molecule has 1 N–H and O–H groups in total. The summed E-state index contributed by atoms with van der Waals surface area (Å²) in [5, 5.41) is 3.83. The molecule has 2 heterocycles. The van der Waals surface area contributed by atoms with Crippen LogP contribution in [0.1, 0.15) is 12.8 Å². The van der Waals surface area contributed by atoms with Crippen LogP contribution in [-0.2, 0) is 0 Å². The predicted octanol–water partition coefficient (Wildman–Crippen LogP) is 4.04. The van der Waals surface area contributed by atoms with E-state index in [2.05, 4.69) is 22.0 Å². The van der Waals surface area contributed by atoms with E-state index in [-0.39, 0.29) is 6.03 Å². The number of hydrogen-bond acceptors (Lipinski definition) is 3. The third kappa shape index (κ3) is 4.47. The second-order valence-electron chi connectivity index (χ2n) is 5.93. The summed E-state index contributed by atoms with van der Waals surface area (Å²) in [6.45, 7) is 3.47. The molecule has 2 amide bonds. The van der Waals surface area contributed by atoms with E-state index in [0.29, 0.717) is 21.8 Å². The van der Waals surface area contributed by atoms with Crippen LogP contribution in [0.5, 0.6) is 0 Å². The van der Waals surface area contributed by atoms with Gasteiger partial charge in [0, 0.05) is 37.9 Å². The monoisotopic (exact) mass is 373 g/mol. The van der Waals surface area contributed by atoms with Crippen LogP contribution in [0.15, 0.2) is 18.2 Å². The molecule has 2 aliphatic heterocycles. The average molecular weight is 374 g/mol. The highest BCUT2D eigenvalue weighted by Crippen LogP contribution is 2.26. The van der Waals surface area contributed by atoms with Crippen LogP contribution in [0.2, 0.25) is 10.0 Å². The summed E-state index contributed by atoms with van der Waals surface area (Å²) in [4.78, 5) is 16.8. The van der Waals surface area contributed by atoms with Crippen molar-refractivity contribution in [3.8, 4) is 0 Å². The highest BCUT2D eigenvalue weighted by molar-refractivity contribution is 7.99. The topological polar surface area (TPSA) is 35.6 Å². The van der Waals surface area contributed by atoms with Gasteiger partial charge in [0.15, 0.2) is 0 Å². The van der Waals surface area contributed by atoms with Gasteiger partial charge in [0.1, 0.15) is 0 Å². The van der Waals surface area contributed by atoms with E-state index in [1.54, 1.807) is 18.2 Å². The van der Waals surface area contributed by atoms with Crippen LogP contribution in [0.4, 0.5) is 10.5 Å². The van der Waals surface area contributed by atoms with Crippen LogP contribution >= 0.6 is 35.0 Å². The molecule has 0 saturated carbocycles. The molecule has 0 bridgehead atoms. The van der Waals surface area contributed by atoms with Gasteiger partial charge in [-0.25, -0.2) is 4.79 Å². The molecule has 7 heteroatoms. The maximum atomic E-state index is 12.4. The lowest BCUT2D eigenvalue weighted by Gasteiger charge is -2.40. The summed E-state index contributed by atoms with van der Waals surface area (Å²) in [5.74, 6) is 2.53. The number of urea groups is 1. The van der Waals surface area contributed by atoms with E-state index in [1.807, 2.05) is 4.90 Å². The summed E-state index contributed by atoms with van der Waals surface area (Å²) in [5.41, 5.74) is 0.677. The number of thioether (sulfide) groups is 1. The molecule has 23 heavy (non-hydrogen) atoms. The second kappa shape index (κ2) is 7.97. The Bertz CT molecular complexity index is 558. The number of nitrogens with zero attached hydrogens (tertiary/aromatic N) is 2. The van der Waals surface area contributed by atoms with E-state index in [4.69, 9.17) is 23.2 Å². The molecule has 126 valence electrons. The minimum atomic E-state index is -0.0674. The zero-order valence-electron chi connectivity index (χ0n) is 12.9. The molecule has 3 rings (SSSR count). The minimum Gasteiger partial charge on any atom is -0.322 e. The van der Waals surface area contributed by atoms with Crippen molar-refractivity contribution in [3.63, 3.8) is 0 Å². The van der Waals surface area contributed by atoms with Gasteiger partial charge in [-0.2, -0.15) is 11.8 Å². The predicted molar refractivity (Wildman–Crippen MR) is 99.0 cm³/mol. The average Bonchev–Trinajstić information content (AvgIpc) is 2.59. The van der Waals surface area contributed by atoms with Crippen molar-refractivity contribution in [1.29, 1.82) is 0 Å². The summed E-state index contributed by atoms with van der Waals surface area (Å²) >= 11 is 13.9. The van der Waals surface area contributed by atoms with E-state index < -0.39 is 0 Å². The smallest absolute Gasteiger partial charge is 0.321 e. The second-order valence-corrected chi connectivity index (χ2v) is 7.96. The first kappa shape index (κ1) is 17.2. The van der Waals surface area contributed by atoms with Crippen LogP contribution < -0.4 is 5.32 Å². The number of piperazine rings is 1. The standard InChI is InChI=1S/C16H21Cl2N3OS/c17-14-2-1-12(11-15(14)18)19-16(22)21-7-5-20(6-8-21)13-3-9-23-10-4-13/h1-2,11,13H,3-10H2,(H,19,22). The van der Waals surface area contributed by atoms with E-state index in [1.165, 1.54) is 24.3 Å². The number of benzene rings is 1. The number of halogens is 2. The summed E-state index contributed by atoms with van der Waals surface area (Å²) in [6.07, 6.45) is 2.56. The Morgan fingerprint density at radius 1 is 1.09 bits per heavy atom. The number of carbonyl (C=O) groups is 1. The van der Waals surface area contributed by atoms with E-state index in [0.717, 1.165) is 26.2 Å². The fraction of sp³-hybridized carbons (Fsp3) is 0.562. The molecular weight excluding hydrogens is 353 g/mol. The largest absolute Gasteiger partial charge is 0.322 e. The molecule has 0 unspecified atom stereocenters. The summed E-state index contributed by atoms with van der Waals surface area (Å²) in [6, 6.07) is 5.77. The molecular formula is C16H21Cl2N3OS. The summed E-state index contributed by atoms with van der Waals surface area (Å²) < 4.78 is 0. The lowest BCUT2D eigenvalue weighted by molar-refractivity contribution is 0.108.